The molecule has 9 heteroatoms. The molecule has 0 spiro atoms. The largest absolute Gasteiger partial charge is 0.345 e. The van der Waals surface area contributed by atoms with E-state index in [1.165, 1.54) is 37.2 Å². The van der Waals surface area contributed by atoms with Gasteiger partial charge in [-0.1, -0.05) is 11.6 Å². The van der Waals surface area contributed by atoms with E-state index in [9.17, 15) is 22.0 Å². The van der Waals surface area contributed by atoms with Crippen LogP contribution in [0, 0.1) is 11.6 Å². The fourth-order valence-corrected chi connectivity index (χ4v) is 3.13. The molecule has 1 amide bonds. The van der Waals surface area contributed by atoms with Crippen molar-refractivity contribution in [2.75, 3.05) is 18.8 Å². The van der Waals surface area contributed by atoms with Crippen LogP contribution in [0.25, 0.3) is 0 Å². The maximum Gasteiger partial charge on any atom is 0.262 e. The third-order valence-electron chi connectivity index (χ3n) is 3.06. The quantitative estimate of drug-likeness (QED) is 0.894. The molecule has 2 aromatic carbocycles. The highest BCUT2D eigenvalue weighted by Gasteiger charge is 2.21. The van der Waals surface area contributed by atoms with Crippen molar-refractivity contribution in [2.45, 2.75) is 4.90 Å². The van der Waals surface area contributed by atoms with E-state index >= 15 is 0 Å². The van der Waals surface area contributed by atoms with Gasteiger partial charge in [-0.2, -0.15) is 0 Å². The van der Waals surface area contributed by atoms with Crippen molar-refractivity contribution < 1.29 is 22.0 Å². The van der Waals surface area contributed by atoms with Crippen LogP contribution in [0.15, 0.2) is 41.3 Å². The van der Waals surface area contributed by atoms with Crippen LogP contribution in [-0.4, -0.2) is 33.3 Å². The molecule has 24 heavy (non-hydrogen) atoms. The van der Waals surface area contributed by atoms with Gasteiger partial charge in [0.2, 0.25) is 0 Å². The second-order valence-corrected chi connectivity index (χ2v) is 7.19. The van der Waals surface area contributed by atoms with E-state index in [-0.39, 0.29) is 16.3 Å². The summed E-state index contributed by atoms with van der Waals surface area (Å²) >= 11 is 5.85. The predicted octanol–water partition coefficient (Wildman–Crippen LogP) is 3.12. The number of nitrogens with zero attached hydrogens (tertiary/aromatic N) is 1. The Morgan fingerprint density at radius 3 is 2.33 bits per heavy atom. The lowest BCUT2D eigenvalue weighted by atomic mass is 10.1. The molecule has 0 aromatic heterocycles. The highest BCUT2D eigenvalue weighted by atomic mass is 35.5. The molecule has 0 saturated heterocycles. The average Bonchev–Trinajstić information content (AvgIpc) is 2.49. The van der Waals surface area contributed by atoms with Crippen LogP contribution in [0.5, 0.6) is 0 Å². The van der Waals surface area contributed by atoms with Crippen LogP contribution in [0.2, 0.25) is 5.02 Å². The fourth-order valence-electron chi connectivity index (χ4n) is 1.88. The SMILES string of the molecule is CN(C)C(=O)c1ccc(Cl)cc1NS(=O)(=O)c1ccc(F)c(F)c1. The average molecular weight is 375 g/mol. The molecule has 0 aliphatic heterocycles. The number of sulfonamides is 1. The van der Waals surface area contributed by atoms with Crippen molar-refractivity contribution in [3.63, 3.8) is 0 Å². The molecule has 0 fully saturated rings. The molecule has 2 aromatic rings. The first-order chi connectivity index (χ1) is 11.1. The normalized spacial score (nSPS) is 11.2. The number of hydrogen-bond donors (Lipinski definition) is 1. The summed E-state index contributed by atoms with van der Waals surface area (Å²) in [6.07, 6.45) is 0. The topological polar surface area (TPSA) is 66.5 Å². The maximum absolute atomic E-state index is 13.3. The van der Waals surface area contributed by atoms with E-state index in [4.69, 9.17) is 11.6 Å². The molecule has 0 aliphatic carbocycles. The summed E-state index contributed by atoms with van der Waals surface area (Å²) in [5.74, 6) is -2.91. The van der Waals surface area contributed by atoms with Gasteiger partial charge in [-0.3, -0.25) is 9.52 Å². The van der Waals surface area contributed by atoms with Crippen molar-refractivity contribution >= 4 is 33.2 Å². The van der Waals surface area contributed by atoms with Gasteiger partial charge in [0, 0.05) is 19.1 Å². The number of halogens is 3. The predicted molar refractivity (Wildman–Crippen MR) is 86.6 cm³/mol. The molecule has 0 atom stereocenters. The molecular formula is C15H13ClF2N2O3S. The standard InChI is InChI=1S/C15H13ClF2N2O3S/c1-20(2)15(21)11-5-3-9(16)7-14(11)19-24(22,23)10-4-6-12(17)13(18)8-10/h3-8,19H,1-2H3. The second-order valence-electron chi connectivity index (χ2n) is 5.07. The number of rotatable bonds is 4. The Morgan fingerprint density at radius 2 is 1.75 bits per heavy atom. The van der Waals surface area contributed by atoms with Crippen LogP contribution in [0.3, 0.4) is 0 Å². The van der Waals surface area contributed by atoms with Gasteiger partial charge in [0.15, 0.2) is 11.6 Å². The van der Waals surface area contributed by atoms with E-state index in [0.29, 0.717) is 12.1 Å². The summed E-state index contributed by atoms with van der Waals surface area (Å²) in [7, 11) is -1.23. The molecule has 2 rings (SSSR count). The van der Waals surface area contributed by atoms with Gasteiger partial charge in [-0.15, -0.1) is 0 Å². The number of carbonyl (C=O) groups is 1. The Morgan fingerprint density at radius 1 is 1.08 bits per heavy atom. The first-order valence-electron chi connectivity index (χ1n) is 6.61. The smallest absolute Gasteiger partial charge is 0.262 e. The van der Waals surface area contributed by atoms with Gasteiger partial charge in [-0.05, 0) is 36.4 Å². The summed E-state index contributed by atoms with van der Waals surface area (Å²) < 4.78 is 53.1. The summed E-state index contributed by atoms with van der Waals surface area (Å²) in [6.45, 7) is 0. The first-order valence-corrected chi connectivity index (χ1v) is 8.47. The van der Waals surface area contributed by atoms with Crippen LogP contribution in [0.1, 0.15) is 10.4 Å². The van der Waals surface area contributed by atoms with Crippen LogP contribution in [-0.2, 0) is 10.0 Å². The van der Waals surface area contributed by atoms with Crippen molar-refractivity contribution in [2.24, 2.45) is 0 Å². The van der Waals surface area contributed by atoms with E-state index in [1.807, 2.05) is 0 Å². The Hall–Kier alpha value is -2.19. The number of nitrogens with one attached hydrogen (secondary N) is 1. The maximum atomic E-state index is 13.3. The van der Waals surface area contributed by atoms with Crippen molar-refractivity contribution in [3.05, 3.63) is 58.6 Å². The lowest BCUT2D eigenvalue weighted by molar-refractivity contribution is 0.0828. The fraction of sp³-hybridized carbons (Fsp3) is 0.133. The molecular weight excluding hydrogens is 362 g/mol. The Kier molecular flexibility index (Phi) is 5.10. The van der Waals surface area contributed by atoms with Gasteiger partial charge >= 0.3 is 0 Å². The van der Waals surface area contributed by atoms with E-state index in [1.54, 1.807) is 0 Å². The summed E-state index contributed by atoms with van der Waals surface area (Å²) in [5.41, 5.74) is 0.00138. The molecule has 128 valence electrons. The molecule has 0 heterocycles. The van der Waals surface area contributed by atoms with E-state index in [0.717, 1.165) is 6.07 Å². The lowest BCUT2D eigenvalue weighted by Gasteiger charge is -2.16. The van der Waals surface area contributed by atoms with Crippen LogP contribution >= 0.6 is 11.6 Å². The van der Waals surface area contributed by atoms with Gasteiger partial charge in [0.05, 0.1) is 16.1 Å². The lowest BCUT2D eigenvalue weighted by Crippen LogP contribution is -2.24. The highest BCUT2D eigenvalue weighted by molar-refractivity contribution is 7.92. The van der Waals surface area contributed by atoms with Gasteiger partial charge in [-0.25, -0.2) is 17.2 Å². The number of carbonyl (C=O) groups excluding carboxylic acids is 1. The summed E-state index contributed by atoms with van der Waals surface area (Å²) in [6, 6.07) is 6.24. The highest BCUT2D eigenvalue weighted by Crippen LogP contribution is 2.25. The molecule has 0 saturated carbocycles. The van der Waals surface area contributed by atoms with Crippen LogP contribution in [0.4, 0.5) is 14.5 Å². The second kappa shape index (κ2) is 6.74. The minimum atomic E-state index is -4.24. The minimum Gasteiger partial charge on any atom is -0.345 e. The number of amides is 1. The van der Waals surface area contributed by atoms with Crippen molar-refractivity contribution in [1.29, 1.82) is 0 Å². The first kappa shape index (κ1) is 18.2. The molecule has 1 N–H and O–H groups in total. The molecule has 0 aliphatic rings. The van der Waals surface area contributed by atoms with E-state index < -0.39 is 32.5 Å². The number of benzene rings is 2. The van der Waals surface area contributed by atoms with Crippen LogP contribution < -0.4 is 4.72 Å². The van der Waals surface area contributed by atoms with E-state index in [2.05, 4.69) is 4.72 Å². The number of hydrogen-bond acceptors (Lipinski definition) is 3. The molecule has 0 unspecified atom stereocenters. The van der Waals surface area contributed by atoms with Gasteiger partial charge < -0.3 is 4.90 Å². The third kappa shape index (κ3) is 3.82. The van der Waals surface area contributed by atoms with Crippen molar-refractivity contribution in [1.82, 2.24) is 4.90 Å². The minimum absolute atomic E-state index is 0.0640. The summed E-state index contributed by atoms with van der Waals surface area (Å²) in [4.78, 5) is 12.9. The van der Waals surface area contributed by atoms with Crippen molar-refractivity contribution in [3.8, 4) is 0 Å². The third-order valence-corrected chi connectivity index (χ3v) is 4.66. The molecule has 0 bridgehead atoms. The van der Waals surface area contributed by atoms with Gasteiger partial charge in [0.1, 0.15) is 0 Å². The Balaban J connectivity index is 2.47. The zero-order valence-electron chi connectivity index (χ0n) is 12.7. The summed E-state index contributed by atoms with van der Waals surface area (Å²) in [5, 5.41) is 0.202. The zero-order valence-corrected chi connectivity index (χ0v) is 14.3. The zero-order chi connectivity index (χ0) is 18.1. The molecule has 0 radical (unpaired) electrons. The number of anilines is 1. The Bertz CT molecular complexity index is 902. The Labute approximate surface area is 142 Å². The molecule has 5 nitrogen and oxygen atoms in total. The van der Waals surface area contributed by atoms with Gasteiger partial charge in [0.25, 0.3) is 15.9 Å². The monoisotopic (exact) mass is 374 g/mol.